The maximum atomic E-state index is 13.6. The summed E-state index contributed by atoms with van der Waals surface area (Å²) in [5.74, 6) is 0.783. The second kappa shape index (κ2) is 10.1. The monoisotopic (exact) mass is 542 g/mol. The van der Waals surface area contributed by atoms with Crippen molar-refractivity contribution in [3.63, 3.8) is 0 Å². The Morgan fingerprint density at radius 2 is 1.71 bits per heavy atom. The topological polar surface area (TPSA) is 73.8 Å². The zero-order valence-electron chi connectivity index (χ0n) is 20.4. The molecule has 1 saturated heterocycles. The van der Waals surface area contributed by atoms with Gasteiger partial charge in [-0.2, -0.15) is 18.3 Å². The highest BCUT2D eigenvalue weighted by molar-refractivity contribution is 7.86. The van der Waals surface area contributed by atoms with Crippen molar-refractivity contribution in [1.82, 2.24) is 19.7 Å². The first-order chi connectivity index (χ1) is 18.3. The van der Waals surface area contributed by atoms with Crippen LogP contribution in [-0.4, -0.2) is 35.5 Å². The highest BCUT2D eigenvalue weighted by atomic mass is 32.2. The number of furan rings is 1. The number of benzene rings is 2. The molecule has 3 aromatic heterocycles. The smallest absolute Gasteiger partial charge is 0.416 e. The van der Waals surface area contributed by atoms with E-state index in [-0.39, 0.29) is 28.9 Å². The van der Waals surface area contributed by atoms with E-state index in [9.17, 15) is 21.8 Å². The van der Waals surface area contributed by atoms with Crippen LogP contribution in [0.15, 0.2) is 71.5 Å². The van der Waals surface area contributed by atoms with Crippen LogP contribution >= 0.6 is 0 Å². The molecule has 0 atom stereocenters. The van der Waals surface area contributed by atoms with Crippen molar-refractivity contribution >= 4 is 21.9 Å². The third-order valence-electron chi connectivity index (χ3n) is 6.04. The number of halogens is 4. The Bertz CT molecular complexity index is 1620. The predicted molar refractivity (Wildman–Crippen MR) is 137 cm³/mol. The van der Waals surface area contributed by atoms with Crippen LogP contribution < -0.4 is 0 Å². The molecule has 1 aliphatic heterocycles. The van der Waals surface area contributed by atoms with E-state index in [2.05, 4.69) is 9.97 Å². The van der Waals surface area contributed by atoms with Crippen LogP contribution in [0.5, 0.6) is 0 Å². The Hall–Kier alpha value is -3.86. The van der Waals surface area contributed by atoms with E-state index in [1.54, 1.807) is 29.1 Å². The maximum Gasteiger partial charge on any atom is 0.416 e. The van der Waals surface area contributed by atoms with Crippen molar-refractivity contribution in [3.05, 3.63) is 78.5 Å². The molecule has 196 valence electrons. The third-order valence-corrected chi connectivity index (χ3v) is 7.55. The molecule has 0 amide bonds. The number of hydrogen-bond donors (Lipinski definition) is 0. The van der Waals surface area contributed by atoms with Gasteiger partial charge in [0, 0.05) is 45.2 Å². The molecule has 0 saturated carbocycles. The lowest BCUT2D eigenvalue weighted by molar-refractivity contribution is -0.137. The first-order valence-corrected chi connectivity index (χ1v) is 13.4. The summed E-state index contributed by atoms with van der Waals surface area (Å²) in [5, 5.41) is 5.19. The highest BCUT2D eigenvalue weighted by Crippen LogP contribution is 2.39. The lowest BCUT2D eigenvalue weighted by Crippen LogP contribution is -2.33. The summed E-state index contributed by atoms with van der Waals surface area (Å²) in [6, 6.07) is 12.3. The Morgan fingerprint density at radius 3 is 2.39 bits per heavy atom. The molecule has 0 radical (unpaired) electrons. The van der Waals surface area contributed by atoms with Gasteiger partial charge in [0.05, 0.1) is 22.7 Å². The largest absolute Gasteiger partial charge is 0.438 e. The van der Waals surface area contributed by atoms with Gasteiger partial charge < -0.3 is 4.42 Å². The summed E-state index contributed by atoms with van der Waals surface area (Å²) in [4.78, 5) is 8.60. The number of fused-ring (bicyclic) bond motifs is 1. The number of aromatic nitrogens is 4. The molecule has 6 nitrogen and oxygen atoms in total. The maximum absolute atomic E-state index is 13.6. The fourth-order valence-corrected chi connectivity index (χ4v) is 5.23. The van der Waals surface area contributed by atoms with Crippen LogP contribution in [0.3, 0.4) is 0 Å². The summed E-state index contributed by atoms with van der Waals surface area (Å²) >= 11 is 0. The molecule has 2 aromatic carbocycles. The molecule has 38 heavy (non-hydrogen) atoms. The third kappa shape index (κ3) is 4.85. The predicted octanol–water partition coefficient (Wildman–Crippen LogP) is 6.91. The van der Waals surface area contributed by atoms with Crippen molar-refractivity contribution in [2.75, 3.05) is 11.5 Å². The van der Waals surface area contributed by atoms with Crippen LogP contribution in [0.1, 0.15) is 25.5 Å². The Balaban J connectivity index is 0.00000144. The summed E-state index contributed by atoms with van der Waals surface area (Å²) in [7, 11) is -0.892. The molecule has 0 bridgehead atoms. The van der Waals surface area contributed by atoms with E-state index < -0.39 is 22.5 Å². The Labute approximate surface area is 217 Å². The summed E-state index contributed by atoms with van der Waals surface area (Å²) in [6.07, 6.45) is -1.39. The molecule has 6 rings (SSSR count). The quantitative estimate of drug-likeness (QED) is 0.231. The van der Waals surface area contributed by atoms with E-state index in [1.165, 1.54) is 30.6 Å². The van der Waals surface area contributed by atoms with Crippen molar-refractivity contribution in [2.45, 2.75) is 26.1 Å². The second-order valence-electron chi connectivity index (χ2n) is 8.44. The number of hydrogen-bond acceptors (Lipinski definition) is 5. The molecular formula is C27H22F4N4O2S. The summed E-state index contributed by atoms with van der Waals surface area (Å²) in [5.41, 5.74) is 1.93. The lowest BCUT2D eigenvalue weighted by atomic mass is 10.0. The Kier molecular flexibility index (Phi) is 6.87. The summed E-state index contributed by atoms with van der Waals surface area (Å²) in [6.45, 7) is 4.00. The normalized spacial score (nSPS) is 17.1. The average Bonchev–Trinajstić information content (AvgIpc) is 3.53. The van der Waals surface area contributed by atoms with Gasteiger partial charge in [0.15, 0.2) is 0 Å². The SMILES string of the molecule is CC.O=S1CC(n2cc(-c3ncnc4oc(-c5cccc(C(F)(F)F)c5)cc34)c(-c3ccc(F)cc3)n2)C1. The zero-order chi connectivity index (χ0) is 27.0. The number of rotatable bonds is 4. The van der Waals surface area contributed by atoms with Gasteiger partial charge in [0.2, 0.25) is 5.71 Å². The first kappa shape index (κ1) is 25.8. The molecule has 11 heteroatoms. The summed E-state index contributed by atoms with van der Waals surface area (Å²) < 4.78 is 72.5. The first-order valence-electron chi connectivity index (χ1n) is 11.9. The van der Waals surface area contributed by atoms with E-state index in [0.717, 1.165) is 12.1 Å². The van der Waals surface area contributed by atoms with Gasteiger partial charge in [0.25, 0.3) is 0 Å². The van der Waals surface area contributed by atoms with E-state index in [1.807, 2.05) is 13.8 Å². The minimum atomic E-state index is -4.49. The molecule has 0 aliphatic carbocycles. The van der Waals surface area contributed by atoms with Crippen LogP contribution in [0, 0.1) is 5.82 Å². The molecular weight excluding hydrogens is 520 g/mol. The Morgan fingerprint density at radius 1 is 0.974 bits per heavy atom. The molecule has 1 aliphatic rings. The fraction of sp³-hybridized carbons (Fsp3) is 0.222. The standard InChI is InChI=1S/C25H16F4N4O2S.C2H6/c26-17-6-4-14(5-7-17)22-20(10-33(32-22)18-11-36(34)12-18)23-19-9-21(35-24(19)31-13-30-23)15-2-1-3-16(8-15)25(27,28)29;1-2/h1-10,13,18H,11-12H2;1-2H3. The van der Waals surface area contributed by atoms with Gasteiger partial charge in [-0.3, -0.25) is 8.89 Å². The van der Waals surface area contributed by atoms with Gasteiger partial charge in [-0.25, -0.2) is 14.4 Å². The van der Waals surface area contributed by atoms with Crippen LogP contribution in [0.25, 0.3) is 44.9 Å². The molecule has 0 spiro atoms. The van der Waals surface area contributed by atoms with Crippen molar-refractivity contribution in [2.24, 2.45) is 0 Å². The molecule has 5 aromatic rings. The lowest BCUT2D eigenvalue weighted by Gasteiger charge is -2.24. The second-order valence-corrected chi connectivity index (χ2v) is 9.98. The van der Waals surface area contributed by atoms with Gasteiger partial charge in [-0.15, -0.1) is 0 Å². The van der Waals surface area contributed by atoms with Crippen LogP contribution in [0.4, 0.5) is 17.6 Å². The molecule has 1 fully saturated rings. The highest BCUT2D eigenvalue weighted by Gasteiger charge is 2.31. The van der Waals surface area contributed by atoms with Gasteiger partial charge >= 0.3 is 6.18 Å². The van der Waals surface area contributed by atoms with E-state index in [4.69, 9.17) is 9.52 Å². The molecule has 0 N–H and O–H groups in total. The molecule has 0 unspecified atom stereocenters. The fourth-order valence-electron chi connectivity index (χ4n) is 4.17. The van der Waals surface area contributed by atoms with Gasteiger partial charge in [-0.05, 0) is 42.5 Å². The van der Waals surface area contributed by atoms with Crippen molar-refractivity contribution in [1.29, 1.82) is 0 Å². The number of nitrogens with zero attached hydrogens (tertiary/aromatic N) is 4. The van der Waals surface area contributed by atoms with Crippen molar-refractivity contribution in [3.8, 4) is 33.8 Å². The zero-order valence-corrected chi connectivity index (χ0v) is 21.2. The minimum Gasteiger partial charge on any atom is -0.438 e. The molecule has 4 heterocycles. The van der Waals surface area contributed by atoms with Crippen LogP contribution in [-0.2, 0) is 17.0 Å². The average molecular weight is 543 g/mol. The number of alkyl halides is 3. The van der Waals surface area contributed by atoms with E-state index >= 15 is 0 Å². The van der Waals surface area contributed by atoms with Gasteiger partial charge in [0.1, 0.15) is 23.6 Å². The van der Waals surface area contributed by atoms with Crippen molar-refractivity contribution < 1.29 is 26.2 Å². The van der Waals surface area contributed by atoms with E-state index in [0.29, 0.717) is 39.4 Å². The minimum absolute atomic E-state index is 0.0406. The van der Waals surface area contributed by atoms with Crippen LogP contribution in [0.2, 0.25) is 0 Å². The van der Waals surface area contributed by atoms with Gasteiger partial charge in [-0.1, -0.05) is 26.0 Å².